The number of para-hydroxylation sites is 2. The zero-order chi connectivity index (χ0) is 14.8. The number of anilines is 1. The van der Waals surface area contributed by atoms with Crippen LogP contribution in [0.5, 0.6) is 5.75 Å². The molecular formula is C16H13F2NO2. The quantitative estimate of drug-likeness (QED) is 0.944. The number of fused-ring (bicyclic) bond motifs is 1. The molecule has 1 heterocycles. The minimum Gasteiger partial charge on any atom is -0.479 e. The average molecular weight is 289 g/mol. The fourth-order valence-corrected chi connectivity index (χ4v) is 2.26. The van der Waals surface area contributed by atoms with Gasteiger partial charge in [-0.15, -0.1) is 0 Å². The van der Waals surface area contributed by atoms with E-state index < -0.39 is 17.7 Å². The molecule has 21 heavy (non-hydrogen) atoms. The first kappa shape index (κ1) is 13.5. The van der Waals surface area contributed by atoms with Crippen LogP contribution in [0.1, 0.15) is 5.56 Å². The molecule has 0 radical (unpaired) electrons. The Balaban J connectivity index is 1.72. The molecule has 1 unspecified atom stereocenters. The van der Waals surface area contributed by atoms with Gasteiger partial charge >= 0.3 is 0 Å². The number of ketones is 1. The van der Waals surface area contributed by atoms with Crippen molar-refractivity contribution < 1.29 is 18.3 Å². The second-order valence-electron chi connectivity index (χ2n) is 4.86. The fourth-order valence-electron chi connectivity index (χ4n) is 2.26. The second kappa shape index (κ2) is 5.52. The van der Waals surface area contributed by atoms with Crippen LogP contribution in [0.4, 0.5) is 14.5 Å². The van der Waals surface area contributed by atoms with Gasteiger partial charge in [-0.2, -0.15) is 0 Å². The fraction of sp³-hybridized carbons (Fsp3) is 0.188. The minimum atomic E-state index is -0.715. The number of nitrogens with one attached hydrogen (secondary N) is 1. The van der Waals surface area contributed by atoms with Gasteiger partial charge in [0, 0.05) is 12.5 Å². The smallest absolute Gasteiger partial charge is 0.179 e. The number of hydrogen-bond acceptors (Lipinski definition) is 3. The minimum absolute atomic E-state index is 0.124. The number of halogens is 2. The highest BCUT2D eigenvalue weighted by atomic mass is 19.1. The van der Waals surface area contributed by atoms with E-state index in [1.165, 1.54) is 6.07 Å². The Bertz CT molecular complexity index is 688. The van der Waals surface area contributed by atoms with E-state index in [4.69, 9.17) is 4.74 Å². The van der Waals surface area contributed by atoms with E-state index in [2.05, 4.69) is 5.32 Å². The maximum absolute atomic E-state index is 13.6. The molecule has 0 saturated carbocycles. The van der Waals surface area contributed by atoms with Gasteiger partial charge in [0.25, 0.3) is 0 Å². The van der Waals surface area contributed by atoms with Gasteiger partial charge in [0.05, 0.1) is 12.2 Å². The summed E-state index contributed by atoms with van der Waals surface area (Å²) < 4.78 is 32.0. The number of Topliss-reactive ketones (excluding diaryl/α,β-unsaturated/α-hetero) is 1. The number of ether oxygens (including phenoxy) is 1. The molecule has 0 amide bonds. The highest BCUT2D eigenvalue weighted by Crippen LogP contribution is 2.28. The van der Waals surface area contributed by atoms with Crippen molar-refractivity contribution in [3.8, 4) is 5.75 Å². The topological polar surface area (TPSA) is 38.3 Å². The van der Waals surface area contributed by atoms with Crippen LogP contribution in [-0.4, -0.2) is 18.4 Å². The molecule has 2 aromatic rings. The van der Waals surface area contributed by atoms with Gasteiger partial charge in [0.2, 0.25) is 0 Å². The molecule has 0 spiro atoms. The van der Waals surface area contributed by atoms with Gasteiger partial charge in [-0.25, -0.2) is 8.78 Å². The number of carbonyl (C=O) groups excluding carboxylic acids is 1. The van der Waals surface area contributed by atoms with Crippen molar-refractivity contribution in [1.82, 2.24) is 0 Å². The second-order valence-corrected chi connectivity index (χ2v) is 4.86. The van der Waals surface area contributed by atoms with E-state index in [-0.39, 0.29) is 17.8 Å². The van der Waals surface area contributed by atoms with Crippen molar-refractivity contribution in [2.45, 2.75) is 12.5 Å². The molecule has 5 heteroatoms. The molecule has 0 aromatic heterocycles. The lowest BCUT2D eigenvalue weighted by Crippen LogP contribution is -2.38. The van der Waals surface area contributed by atoms with Crippen molar-refractivity contribution in [3.05, 3.63) is 59.7 Å². The van der Waals surface area contributed by atoms with E-state index in [1.54, 1.807) is 6.07 Å². The number of rotatable bonds is 3. The van der Waals surface area contributed by atoms with Gasteiger partial charge < -0.3 is 10.1 Å². The molecule has 1 atom stereocenters. The molecule has 1 aliphatic heterocycles. The standard InChI is InChI=1S/C16H13F2NO2/c17-11-6-5-10(12(18)8-11)7-14(20)16-9-19-13-3-1-2-4-15(13)21-16/h1-6,8,16,19H,7,9H2. The summed E-state index contributed by atoms with van der Waals surface area (Å²) in [6, 6.07) is 10.5. The molecule has 3 nitrogen and oxygen atoms in total. The molecule has 0 aliphatic carbocycles. The molecule has 1 aliphatic rings. The Hall–Kier alpha value is -2.43. The monoisotopic (exact) mass is 289 g/mol. The summed E-state index contributed by atoms with van der Waals surface area (Å²) in [5, 5.41) is 3.10. The number of hydrogen-bond donors (Lipinski definition) is 1. The van der Waals surface area contributed by atoms with Gasteiger partial charge in [0.1, 0.15) is 17.4 Å². The number of benzene rings is 2. The summed E-state index contributed by atoms with van der Waals surface area (Å²) in [7, 11) is 0. The van der Waals surface area contributed by atoms with Crippen LogP contribution in [0, 0.1) is 11.6 Å². The molecule has 0 fully saturated rings. The van der Waals surface area contributed by atoms with Gasteiger partial charge in [-0.1, -0.05) is 18.2 Å². The first-order valence-corrected chi connectivity index (χ1v) is 6.59. The lowest BCUT2D eigenvalue weighted by Gasteiger charge is -2.26. The van der Waals surface area contributed by atoms with Gasteiger partial charge in [0.15, 0.2) is 11.9 Å². The van der Waals surface area contributed by atoms with Crippen molar-refractivity contribution in [2.24, 2.45) is 0 Å². The third-order valence-corrected chi connectivity index (χ3v) is 3.37. The predicted molar refractivity (Wildman–Crippen MR) is 74.4 cm³/mol. The van der Waals surface area contributed by atoms with Crippen LogP contribution in [0.2, 0.25) is 0 Å². The van der Waals surface area contributed by atoms with E-state index in [0.717, 1.165) is 17.8 Å². The van der Waals surface area contributed by atoms with E-state index in [9.17, 15) is 13.6 Å². The first-order valence-electron chi connectivity index (χ1n) is 6.59. The zero-order valence-electron chi connectivity index (χ0n) is 11.1. The molecule has 2 aromatic carbocycles. The molecule has 1 N–H and O–H groups in total. The predicted octanol–water partition coefficient (Wildman–Crippen LogP) is 2.95. The summed E-state index contributed by atoms with van der Waals surface area (Å²) in [6.45, 7) is 0.332. The zero-order valence-corrected chi connectivity index (χ0v) is 11.1. The first-order chi connectivity index (χ1) is 10.1. The Labute approximate surface area is 120 Å². The van der Waals surface area contributed by atoms with Crippen LogP contribution < -0.4 is 10.1 Å². The van der Waals surface area contributed by atoms with Crippen LogP contribution in [-0.2, 0) is 11.2 Å². The Kier molecular flexibility index (Phi) is 3.56. The van der Waals surface area contributed by atoms with Crippen LogP contribution in [0.3, 0.4) is 0 Å². The van der Waals surface area contributed by atoms with E-state index in [1.807, 2.05) is 18.2 Å². The van der Waals surface area contributed by atoms with Crippen molar-refractivity contribution >= 4 is 11.5 Å². The largest absolute Gasteiger partial charge is 0.479 e. The third-order valence-electron chi connectivity index (χ3n) is 3.37. The molecule has 108 valence electrons. The summed E-state index contributed by atoms with van der Waals surface area (Å²) in [4.78, 5) is 12.2. The van der Waals surface area contributed by atoms with Crippen LogP contribution in [0.15, 0.2) is 42.5 Å². The Morgan fingerprint density at radius 2 is 2.05 bits per heavy atom. The lowest BCUT2D eigenvalue weighted by molar-refractivity contribution is -0.124. The van der Waals surface area contributed by atoms with Gasteiger partial charge in [-0.3, -0.25) is 4.79 Å². The Morgan fingerprint density at radius 3 is 2.86 bits per heavy atom. The third kappa shape index (κ3) is 2.86. The molecule has 0 saturated heterocycles. The summed E-state index contributed by atoms with van der Waals surface area (Å²) in [6.07, 6.45) is -0.801. The van der Waals surface area contributed by atoms with Crippen LogP contribution in [0.25, 0.3) is 0 Å². The highest BCUT2D eigenvalue weighted by Gasteiger charge is 2.26. The van der Waals surface area contributed by atoms with E-state index in [0.29, 0.717) is 12.3 Å². The average Bonchev–Trinajstić information content (AvgIpc) is 2.49. The van der Waals surface area contributed by atoms with Crippen molar-refractivity contribution in [1.29, 1.82) is 0 Å². The van der Waals surface area contributed by atoms with Crippen molar-refractivity contribution in [3.63, 3.8) is 0 Å². The molecule has 3 rings (SSSR count). The lowest BCUT2D eigenvalue weighted by atomic mass is 10.0. The maximum Gasteiger partial charge on any atom is 0.179 e. The van der Waals surface area contributed by atoms with Crippen LogP contribution >= 0.6 is 0 Å². The van der Waals surface area contributed by atoms with Gasteiger partial charge in [-0.05, 0) is 23.8 Å². The molecular weight excluding hydrogens is 276 g/mol. The maximum atomic E-state index is 13.6. The Morgan fingerprint density at radius 1 is 1.24 bits per heavy atom. The SMILES string of the molecule is O=C(Cc1ccc(F)cc1F)C1CNc2ccccc2O1. The number of carbonyl (C=O) groups is 1. The highest BCUT2D eigenvalue weighted by molar-refractivity contribution is 5.87. The summed E-state index contributed by atoms with van der Waals surface area (Å²) >= 11 is 0. The normalized spacial score (nSPS) is 16.6. The van der Waals surface area contributed by atoms with Crippen molar-refractivity contribution in [2.75, 3.05) is 11.9 Å². The summed E-state index contributed by atoms with van der Waals surface area (Å²) in [5.41, 5.74) is 0.998. The summed E-state index contributed by atoms with van der Waals surface area (Å²) in [5.74, 6) is -1.02. The molecule has 0 bridgehead atoms. The van der Waals surface area contributed by atoms with E-state index >= 15 is 0 Å².